The molecular formula is C21H22ClNO4. The lowest BCUT2D eigenvalue weighted by Crippen LogP contribution is -2.43. The number of amides is 1. The predicted octanol–water partition coefficient (Wildman–Crippen LogP) is 3.89. The third-order valence-electron chi connectivity index (χ3n) is 5.28. The number of fused-ring (bicyclic) bond motifs is 2. The summed E-state index contributed by atoms with van der Waals surface area (Å²) in [6, 6.07) is 9.39. The minimum Gasteiger partial charge on any atom is -0.497 e. The maximum absolute atomic E-state index is 13.4. The van der Waals surface area contributed by atoms with E-state index in [-0.39, 0.29) is 11.8 Å². The van der Waals surface area contributed by atoms with Crippen molar-refractivity contribution < 1.29 is 19.0 Å². The summed E-state index contributed by atoms with van der Waals surface area (Å²) < 4.78 is 16.6. The molecule has 0 spiro atoms. The number of anilines is 1. The van der Waals surface area contributed by atoms with Crippen LogP contribution in [0.4, 0.5) is 5.69 Å². The van der Waals surface area contributed by atoms with Crippen molar-refractivity contribution in [2.75, 3.05) is 32.3 Å². The van der Waals surface area contributed by atoms with Crippen molar-refractivity contribution in [3.05, 3.63) is 46.5 Å². The van der Waals surface area contributed by atoms with Crippen LogP contribution in [-0.2, 0) is 17.6 Å². The third-order valence-corrected chi connectivity index (χ3v) is 5.64. The molecule has 0 radical (unpaired) electrons. The zero-order valence-electron chi connectivity index (χ0n) is 15.5. The second kappa shape index (κ2) is 7.31. The molecule has 27 heavy (non-hydrogen) atoms. The highest BCUT2D eigenvalue weighted by Gasteiger charge is 2.34. The molecule has 0 aliphatic carbocycles. The van der Waals surface area contributed by atoms with Crippen LogP contribution in [0.15, 0.2) is 30.3 Å². The van der Waals surface area contributed by atoms with E-state index in [1.54, 1.807) is 14.2 Å². The average Bonchev–Trinajstić information content (AvgIpc) is 2.72. The summed E-state index contributed by atoms with van der Waals surface area (Å²) in [6.45, 7) is 1.02. The SMILES string of the molecule is COc1ccc2c(c1)OCC(C(=O)N1CCCc3c(Cl)ccc(OC)c31)C2. The van der Waals surface area contributed by atoms with E-state index in [9.17, 15) is 4.79 Å². The Hall–Kier alpha value is -2.40. The van der Waals surface area contributed by atoms with Crippen molar-refractivity contribution in [2.45, 2.75) is 19.3 Å². The van der Waals surface area contributed by atoms with Crippen LogP contribution < -0.4 is 19.1 Å². The van der Waals surface area contributed by atoms with Crippen LogP contribution in [0.3, 0.4) is 0 Å². The van der Waals surface area contributed by atoms with Gasteiger partial charge in [-0.3, -0.25) is 4.79 Å². The highest BCUT2D eigenvalue weighted by Crippen LogP contribution is 2.41. The number of hydrogen-bond donors (Lipinski definition) is 0. The Morgan fingerprint density at radius 1 is 1.22 bits per heavy atom. The minimum atomic E-state index is -0.236. The Morgan fingerprint density at radius 2 is 2.07 bits per heavy atom. The summed E-state index contributed by atoms with van der Waals surface area (Å²) in [5, 5.41) is 0.681. The second-order valence-corrected chi connectivity index (χ2v) is 7.26. The third kappa shape index (κ3) is 3.21. The van der Waals surface area contributed by atoms with Crippen LogP contribution in [-0.4, -0.2) is 33.3 Å². The number of methoxy groups -OCH3 is 2. The maximum atomic E-state index is 13.4. The summed E-state index contributed by atoms with van der Waals surface area (Å²) >= 11 is 6.39. The molecule has 1 amide bonds. The molecule has 6 heteroatoms. The Labute approximate surface area is 163 Å². The van der Waals surface area contributed by atoms with Gasteiger partial charge in [0.1, 0.15) is 23.9 Å². The standard InChI is InChI=1S/C21H22ClNO4/c1-25-15-6-5-13-10-14(12-27-19(13)11-15)21(24)23-9-3-4-16-17(22)7-8-18(26-2)20(16)23/h5-8,11,14H,3-4,9-10,12H2,1-2H3. The molecule has 0 saturated heterocycles. The summed E-state index contributed by atoms with van der Waals surface area (Å²) in [7, 11) is 3.25. The van der Waals surface area contributed by atoms with E-state index in [2.05, 4.69) is 0 Å². The fourth-order valence-electron chi connectivity index (χ4n) is 3.89. The van der Waals surface area contributed by atoms with Crippen molar-refractivity contribution in [3.8, 4) is 17.2 Å². The Morgan fingerprint density at radius 3 is 2.85 bits per heavy atom. The zero-order valence-corrected chi connectivity index (χ0v) is 16.2. The van der Waals surface area contributed by atoms with Gasteiger partial charge in [-0.05, 0) is 48.6 Å². The smallest absolute Gasteiger partial charge is 0.233 e. The molecule has 2 heterocycles. The van der Waals surface area contributed by atoms with E-state index >= 15 is 0 Å². The number of halogens is 1. The minimum absolute atomic E-state index is 0.0537. The number of carbonyl (C=O) groups excluding carboxylic acids is 1. The van der Waals surface area contributed by atoms with Gasteiger partial charge in [-0.1, -0.05) is 17.7 Å². The first-order valence-electron chi connectivity index (χ1n) is 9.09. The van der Waals surface area contributed by atoms with E-state index in [0.717, 1.165) is 41.2 Å². The highest BCUT2D eigenvalue weighted by atomic mass is 35.5. The van der Waals surface area contributed by atoms with Crippen LogP contribution in [0.5, 0.6) is 17.2 Å². The van der Waals surface area contributed by atoms with Gasteiger partial charge in [0.15, 0.2) is 0 Å². The van der Waals surface area contributed by atoms with Crippen LogP contribution in [0.1, 0.15) is 17.5 Å². The van der Waals surface area contributed by atoms with Gasteiger partial charge in [0.05, 0.1) is 25.8 Å². The Kier molecular flexibility index (Phi) is 4.87. The molecule has 0 saturated carbocycles. The van der Waals surface area contributed by atoms with Crippen LogP contribution >= 0.6 is 11.6 Å². The molecule has 2 aromatic carbocycles. The van der Waals surface area contributed by atoms with Crippen molar-refractivity contribution >= 4 is 23.2 Å². The topological polar surface area (TPSA) is 48.0 Å². The van der Waals surface area contributed by atoms with Crippen molar-refractivity contribution in [2.24, 2.45) is 5.92 Å². The highest BCUT2D eigenvalue weighted by molar-refractivity contribution is 6.32. The number of ether oxygens (including phenoxy) is 3. The van der Waals surface area contributed by atoms with E-state index in [1.807, 2.05) is 35.2 Å². The van der Waals surface area contributed by atoms with E-state index < -0.39 is 0 Å². The van der Waals surface area contributed by atoms with Gasteiger partial charge in [-0.15, -0.1) is 0 Å². The molecule has 1 unspecified atom stereocenters. The summed E-state index contributed by atoms with van der Waals surface area (Å²) in [5.41, 5.74) is 2.81. The number of benzene rings is 2. The normalized spacial score (nSPS) is 18.2. The van der Waals surface area contributed by atoms with E-state index in [0.29, 0.717) is 30.3 Å². The van der Waals surface area contributed by atoms with Crippen LogP contribution in [0.25, 0.3) is 0 Å². The lowest BCUT2D eigenvalue weighted by Gasteiger charge is -2.35. The largest absolute Gasteiger partial charge is 0.497 e. The lowest BCUT2D eigenvalue weighted by molar-refractivity contribution is -0.123. The number of rotatable bonds is 3. The van der Waals surface area contributed by atoms with Gasteiger partial charge in [0, 0.05) is 17.6 Å². The average molecular weight is 388 g/mol. The predicted molar refractivity (Wildman–Crippen MR) is 104 cm³/mol. The molecule has 142 valence electrons. The molecular weight excluding hydrogens is 366 g/mol. The molecule has 5 nitrogen and oxygen atoms in total. The quantitative estimate of drug-likeness (QED) is 0.801. The monoisotopic (exact) mass is 387 g/mol. The molecule has 0 N–H and O–H groups in total. The lowest BCUT2D eigenvalue weighted by atomic mass is 9.93. The molecule has 2 aliphatic rings. The first-order valence-corrected chi connectivity index (χ1v) is 9.46. The maximum Gasteiger partial charge on any atom is 0.233 e. The Bertz CT molecular complexity index is 883. The number of hydrogen-bond acceptors (Lipinski definition) is 4. The first-order chi connectivity index (χ1) is 13.1. The van der Waals surface area contributed by atoms with Gasteiger partial charge in [-0.25, -0.2) is 0 Å². The fraction of sp³-hybridized carbons (Fsp3) is 0.381. The Balaban J connectivity index is 1.62. The molecule has 2 aromatic rings. The zero-order chi connectivity index (χ0) is 19.0. The second-order valence-electron chi connectivity index (χ2n) is 6.86. The molecule has 1 atom stereocenters. The summed E-state index contributed by atoms with van der Waals surface area (Å²) in [5.74, 6) is 2.05. The molecule has 2 aliphatic heterocycles. The fourth-order valence-corrected chi connectivity index (χ4v) is 4.14. The summed E-state index contributed by atoms with van der Waals surface area (Å²) in [4.78, 5) is 15.2. The molecule has 4 rings (SSSR count). The van der Waals surface area contributed by atoms with Gasteiger partial charge >= 0.3 is 0 Å². The first kappa shape index (κ1) is 18.0. The van der Waals surface area contributed by atoms with Crippen LogP contribution in [0, 0.1) is 5.92 Å². The summed E-state index contributed by atoms with van der Waals surface area (Å²) in [6.07, 6.45) is 2.37. The van der Waals surface area contributed by atoms with Crippen molar-refractivity contribution in [1.29, 1.82) is 0 Å². The molecule has 0 bridgehead atoms. The van der Waals surface area contributed by atoms with Crippen molar-refractivity contribution in [3.63, 3.8) is 0 Å². The van der Waals surface area contributed by atoms with Gasteiger partial charge < -0.3 is 19.1 Å². The van der Waals surface area contributed by atoms with E-state index in [1.165, 1.54) is 0 Å². The number of nitrogens with zero attached hydrogens (tertiary/aromatic N) is 1. The van der Waals surface area contributed by atoms with Gasteiger partial charge in [0.25, 0.3) is 0 Å². The van der Waals surface area contributed by atoms with E-state index in [4.69, 9.17) is 25.8 Å². The van der Waals surface area contributed by atoms with Crippen LogP contribution in [0.2, 0.25) is 5.02 Å². The molecule has 0 aromatic heterocycles. The number of carbonyl (C=O) groups is 1. The van der Waals surface area contributed by atoms with Crippen molar-refractivity contribution in [1.82, 2.24) is 0 Å². The molecule has 0 fully saturated rings. The van der Waals surface area contributed by atoms with Gasteiger partial charge in [-0.2, -0.15) is 0 Å². The van der Waals surface area contributed by atoms with Gasteiger partial charge in [0.2, 0.25) is 5.91 Å².